The number of nitrogens with one attached hydrogen (secondary N) is 2. The van der Waals surface area contributed by atoms with Gasteiger partial charge in [-0.3, -0.25) is 4.79 Å². The van der Waals surface area contributed by atoms with Crippen LogP contribution in [0.1, 0.15) is 54.1 Å². The van der Waals surface area contributed by atoms with E-state index in [1.54, 1.807) is 6.20 Å². The lowest BCUT2D eigenvalue weighted by Gasteiger charge is -2.28. The van der Waals surface area contributed by atoms with Crippen LogP contribution in [0.4, 0.5) is 17.3 Å². The van der Waals surface area contributed by atoms with Gasteiger partial charge in [0.15, 0.2) is 11.5 Å². The lowest BCUT2D eigenvalue weighted by Crippen LogP contribution is -2.31. The molecule has 7 nitrogen and oxygen atoms in total. The number of primary amides is 1. The molecule has 3 heterocycles. The third-order valence-corrected chi connectivity index (χ3v) is 5.66. The van der Waals surface area contributed by atoms with Crippen LogP contribution in [0.3, 0.4) is 0 Å². The van der Waals surface area contributed by atoms with Crippen molar-refractivity contribution in [3.05, 3.63) is 41.7 Å². The molecule has 1 aromatic carbocycles. The zero-order chi connectivity index (χ0) is 19.3. The zero-order valence-electron chi connectivity index (χ0n) is 16.2. The predicted octanol–water partition coefficient (Wildman–Crippen LogP) is 2.78. The Hall–Kier alpha value is -2.67. The summed E-state index contributed by atoms with van der Waals surface area (Å²) in [7, 11) is 0. The molecule has 4 rings (SSSR count). The fourth-order valence-electron chi connectivity index (χ4n) is 4.05. The Kier molecular flexibility index (Phi) is 5.71. The van der Waals surface area contributed by atoms with E-state index in [4.69, 9.17) is 5.73 Å². The van der Waals surface area contributed by atoms with Gasteiger partial charge in [-0.25, -0.2) is 9.97 Å². The highest BCUT2D eigenvalue weighted by Gasteiger charge is 2.18. The maximum absolute atomic E-state index is 11.8. The summed E-state index contributed by atoms with van der Waals surface area (Å²) in [6.45, 7) is 4.08. The highest BCUT2D eigenvalue weighted by Crippen LogP contribution is 2.28. The molecule has 148 valence electrons. The number of amides is 1. The van der Waals surface area contributed by atoms with Gasteiger partial charge in [-0.15, -0.1) is 0 Å². The highest BCUT2D eigenvalue weighted by molar-refractivity contribution is 5.96. The number of nitrogens with zero attached hydrogens (tertiary/aromatic N) is 3. The van der Waals surface area contributed by atoms with Crippen molar-refractivity contribution >= 4 is 23.2 Å². The van der Waals surface area contributed by atoms with Crippen molar-refractivity contribution < 1.29 is 4.79 Å². The predicted molar refractivity (Wildman–Crippen MR) is 111 cm³/mol. The summed E-state index contributed by atoms with van der Waals surface area (Å²) in [6, 6.07) is 8.39. The van der Waals surface area contributed by atoms with Gasteiger partial charge in [0, 0.05) is 18.8 Å². The van der Waals surface area contributed by atoms with Crippen LogP contribution in [0.25, 0.3) is 0 Å². The summed E-state index contributed by atoms with van der Waals surface area (Å²) in [5.41, 5.74) is 7.92. The Morgan fingerprint density at radius 2 is 1.82 bits per heavy atom. The largest absolute Gasteiger partial charge is 0.364 e. The molecule has 2 aromatic rings. The fraction of sp³-hybridized carbons (Fsp3) is 0.476. The van der Waals surface area contributed by atoms with Crippen LogP contribution in [0.5, 0.6) is 0 Å². The third-order valence-electron chi connectivity index (χ3n) is 5.66. The Balaban J connectivity index is 1.54. The molecule has 2 aliphatic heterocycles. The normalized spacial score (nSPS) is 18.1. The molecular weight excluding hydrogens is 352 g/mol. The molecule has 0 atom stereocenters. The Morgan fingerprint density at radius 1 is 1.11 bits per heavy atom. The number of hydrogen-bond acceptors (Lipinski definition) is 6. The molecule has 2 fully saturated rings. The van der Waals surface area contributed by atoms with Crippen LogP contribution in [-0.4, -0.2) is 42.1 Å². The number of piperidine rings is 2. The third kappa shape index (κ3) is 4.25. The topological polar surface area (TPSA) is 96.2 Å². The van der Waals surface area contributed by atoms with Gasteiger partial charge in [-0.2, -0.15) is 0 Å². The molecule has 0 spiro atoms. The standard InChI is InChI=1S/C21H28N6O/c22-20(28)19-21(26-18(14-24-19)27-12-2-1-3-13-27)25-17-6-4-15(5-7-17)16-8-10-23-11-9-16/h4-7,14,16,23H,1-3,8-13H2,(H2,22,28)(H,25,26). The summed E-state index contributed by atoms with van der Waals surface area (Å²) < 4.78 is 0. The van der Waals surface area contributed by atoms with Gasteiger partial charge in [-0.05, 0) is 68.8 Å². The van der Waals surface area contributed by atoms with Gasteiger partial charge >= 0.3 is 0 Å². The van der Waals surface area contributed by atoms with E-state index in [-0.39, 0.29) is 5.69 Å². The van der Waals surface area contributed by atoms with Gasteiger partial charge in [0.2, 0.25) is 0 Å². The van der Waals surface area contributed by atoms with Gasteiger partial charge in [-0.1, -0.05) is 12.1 Å². The van der Waals surface area contributed by atoms with Crippen molar-refractivity contribution in [1.29, 1.82) is 0 Å². The maximum atomic E-state index is 11.8. The van der Waals surface area contributed by atoms with Crippen molar-refractivity contribution in [1.82, 2.24) is 15.3 Å². The minimum atomic E-state index is -0.577. The van der Waals surface area contributed by atoms with Gasteiger partial charge < -0.3 is 21.3 Å². The quantitative estimate of drug-likeness (QED) is 0.738. The van der Waals surface area contributed by atoms with Crippen molar-refractivity contribution in [3.63, 3.8) is 0 Å². The minimum Gasteiger partial charge on any atom is -0.364 e. The summed E-state index contributed by atoms with van der Waals surface area (Å²) in [5.74, 6) is 1.24. The fourth-order valence-corrected chi connectivity index (χ4v) is 4.05. The Bertz CT molecular complexity index is 810. The van der Waals surface area contributed by atoms with E-state index in [1.165, 1.54) is 24.8 Å². The first kappa shape index (κ1) is 18.7. The average Bonchev–Trinajstić information content (AvgIpc) is 2.75. The zero-order valence-corrected chi connectivity index (χ0v) is 16.2. The first-order chi connectivity index (χ1) is 13.7. The molecule has 4 N–H and O–H groups in total. The van der Waals surface area contributed by atoms with E-state index in [0.29, 0.717) is 11.7 Å². The van der Waals surface area contributed by atoms with E-state index >= 15 is 0 Å². The number of carbonyl (C=O) groups is 1. The molecule has 0 unspecified atom stereocenters. The molecule has 28 heavy (non-hydrogen) atoms. The van der Waals surface area contributed by atoms with E-state index in [1.807, 2.05) is 12.1 Å². The number of hydrogen-bond donors (Lipinski definition) is 3. The number of benzene rings is 1. The summed E-state index contributed by atoms with van der Waals surface area (Å²) in [4.78, 5) is 23.0. The number of carbonyl (C=O) groups excluding carboxylic acids is 1. The second-order valence-corrected chi connectivity index (χ2v) is 7.61. The summed E-state index contributed by atoms with van der Waals surface area (Å²) in [6.07, 6.45) is 7.54. The van der Waals surface area contributed by atoms with Gasteiger partial charge in [0.05, 0.1) is 6.20 Å². The minimum absolute atomic E-state index is 0.170. The number of anilines is 3. The maximum Gasteiger partial charge on any atom is 0.271 e. The second-order valence-electron chi connectivity index (χ2n) is 7.61. The van der Waals surface area contributed by atoms with Crippen molar-refractivity contribution in [3.8, 4) is 0 Å². The number of aromatic nitrogens is 2. The molecule has 1 amide bonds. The summed E-state index contributed by atoms with van der Waals surface area (Å²) in [5, 5.41) is 6.65. The first-order valence-corrected chi connectivity index (χ1v) is 10.2. The molecule has 7 heteroatoms. The molecule has 0 saturated carbocycles. The lowest BCUT2D eigenvalue weighted by molar-refractivity contribution is 0.0996. The van der Waals surface area contributed by atoms with Crippen molar-refractivity contribution in [2.24, 2.45) is 5.73 Å². The lowest BCUT2D eigenvalue weighted by atomic mass is 9.90. The molecule has 0 aliphatic carbocycles. The molecule has 1 aromatic heterocycles. The highest BCUT2D eigenvalue weighted by atomic mass is 16.1. The molecule has 2 aliphatic rings. The second kappa shape index (κ2) is 8.56. The molecule has 2 saturated heterocycles. The van der Waals surface area contributed by atoms with Crippen LogP contribution in [0.2, 0.25) is 0 Å². The van der Waals surface area contributed by atoms with Crippen LogP contribution >= 0.6 is 0 Å². The Morgan fingerprint density at radius 3 is 2.50 bits per heavy atom. The molecule has 0 radical (unpaired) electrons. The Labute approximate surface area is 165 Å². The smallest absolute Gasteiger partial charge is 0.271 e. The van der Waals surface area contributed by atoms with Crippen LogP contribution in [0, 0.1) is 0 Å². The number of rotatable bonds is 5. The van der Waals surface area contributed by atoms with E-state index in [9.17, 15) is 4.79 Å². The number of nitrogens with two attached hydrogens (primary N) is 1. The average molecular weight is 380 g/mol. The van der Waals surface area contributed by atoms with E-state index < -0.39 is 5.91 Å². The van der Waals surface area contributed by atoms with Crippen LogP contribution in [0.15, 0.2) is 30.5 Å². The van der Waals surface area contributed by atoms with Gasteiger partial charge in [0.25, 0.3) is 5.91 Å². The van der Waals surface area contributed by atoms with Crippen molar-refractivity contribution in [2.45, 2.75) is 38.0 Å². The monoisotopic (exact) mass is 380 g/mol. The molecular formula is C21H28N6O. The van der Waals surface area contributed by atoms with Gasteiger partial charge in [0.1, 0.15) is 5.82 Å². The van der Waals surface area contributed by atoms with E-state index in [0.717, 1.165) is 50.5 Å². The van der Waals surface area contributed by atoms with Crippen LogP contribution < -0.4 is 21.3 Å². The SMILES string of the molecule is NC(=O)c1ncc(N2CCCCC2)nc1Nc1ccc(C2CCNCC2)cc1. The van der Waals surface area contributed by atoms with Crippen molar-refractivity contribution in [2.75, 3.05) is 36.4 Å². The van der Waals surface area contributed by atoms with E-state index in [2.05, 4.69) is 37.6 Å². The van der Waals surface area contributed by atoms with Crippen LogP contribution in [-0.2, 0) is 0 Å². The molecule has 0 bridgehead atoms. The summed E-state index contributed by atoms with van der Waals surface area (Å²) >= 11 is 0. The first-order valence-electron chi connectivity index (χ1n) is 10.2.